The van der Waals surface area contributed by atoms with Gasteiger partial charge in [-0.05, 0) is 0 Å². The fraction of sp³-hybridized carbons (Fsp3) is 0.857. The molecule has 0 nitrogen and oxygen atoms in total. The van der Waals surface area contributed by atoms with Gasteiger partial charge in [0.1, 0.15) is 0 Å². The van der Waals surface area contributed by atoms with E-state index in [0.717, 1.165) is 0 Å². The zero-order chi connectivity index (χ0) is 5.54. The van der Waals surface area contributed by atoms with Crippen LogP contribution in [0, 0.1) is 6.42 Å². The van der Waals surface area contributed by atoms with E-state index in [0.29, 0.717) is 0 Å². The Labute approximate surface area is 82.3 Å². The summed E-state index contributed by atoms with van der Waals surface area (Å²) in [5.74, 6) is 0. The molecule has 0 bridgehead atoms. The Morgan fingerprint density at radius 1 is 1.00 bits per heavy atom. The fourth-order valence-electron chi connectivity index (χ4n) is 0.553. The SMILES string of the molecule is Br.CCC[CH-]CCC.[Zn]. The summed E-state index contributed by atoms with van der Waals surface area (Å²) in [5.41, 5.74) is 0. The van der Waals surface area contributed by atoms with Crippen molar-refractivity contribution in [2.75, 3.05) is 0 Å². The largest absolute Gasteiger partial charge is 0.329 e. The van der Waals surface area contributed by atoms with Crippen LogP contribution in [-0.4, -0.2) is 0 Å². The third-order valence-electron chi connectivity index (χ3n) is 0.986. The van der Waals surface area contributed by atoms with E-state index < -0.39 is 0 Å². The minimum absolute atomic E-state index is 0. The molecular formula is C7H16BrZn-. The molecule has 2 heteroatoms. The second-order valence-electron chi connectivity index (χ2n) is 1.87. The number of rotatable bonds is 4. The van der Waals surface area contributed by atoms with E-state index in [1.54, 1.807) is 0 Å². The van der Waals surface area contributed by atoms with Gasteiger partial charge in [0.25, 0.3) is 0 Å². The monoisotopic (exact) mass is 243 g/mol. The summed E-state index contributed by atoms with van der Waals surface area (Å²) in [6.07, 6.45) is 7.57. The Kier molecular flexibility index (Phi) is 29.6. The molecule has 0 saturated heterocycles. The fourth-order valence-corrected chi connectivity index (χ4v) is 0.553. The minimum Gasteiger partial charge on any atom is -0.329 e. The van der Waals surface area contributed by atoms with Crippen LogP contribution in [0.4, 0.5) is 0 Å². The van der Waals surface area contributed by atoms with Crippen molar-refractivity contribution in [3.63, 3.8) is 0 Å². The van der Waals surface area contributed by atoms with Crippen LogP contribution in [0.5, 0.6) is 0 Å². The molecule has 0 amide bonds. The first kappa shape index (κ1) is 16.6. The maximum Gasteiger partial charge on any atom is 0 e. The van der Waals surface area contributed by atoms with Crippen LogP contribution >= 0.6 is 17.0 Å². The summed E-state index contributed by atoms with van der Waals surface area (Å²) in [7, 11) is 0. The summed E-state index contributed by atoms with van der Waals surface area (Å²) < 4.78 is 0. The summed E-state index contributed by atoms with van der Waals surface area (Å²) >= 11 is 0. The Morgan fingerprint density at radius 3 is 1.56 bits per heavy atom. The zero-order valence-electron chi connectivity index (χ0n) is 6.52. The molecule has 0 spiro atoms. The summed E-state index contributed by atoms with van der Waals surface area (Å²) in [6, 6.07) is 0. The van der Waals surface area contributed by atoms with E-state index in [4.69, 9.17) is 0 Å². The quantitative estimate of drug-likeness (QED) is 0.405. The van der Waals surface area contributed by atoms with Gasteiger partial charge in [0, 0.05) is 19.5 Å². The van der Waals surface area contributed by atoms with Gasteiger partial charge in [-0.15, -0.1) is 17.0 Å². The van der Waals surface area contributed by atoms with Gasteiger partial charge in [0.15, 0.2) is 0 Å². The zero-order valence-corrected chi connectivity index (χ0v) is 11.2. The van der Waals surface area contributed by atoms with Gasteiger partial charge in [-0.1, -0.05) is 26.7 Å². The standard InChI is InChI=1S/C7H15.BrH.Zn/c1-3-5-7-6-4-2;;/h7H,3-6H2,1-2H3;1H;/q-1;;. The molecule has 0 aliphatic heterocycles. The van der Waals surface area contributed by atoms with Gasteiger partial charge in [0.05, 0.1) is 0 Å². The number of halogens is 1. The average Bonchev–Trinajstić information content (AvgIpc) is 1.69. The normalized spacial score (nSPS) is 7.33. The predicted octanol–water partition coefficient (Wildman–Crippen LogP) is 3.37. The molecule has 0 N–H and O–H groups in total. The van der Waals surface area contributed by atoms with Crippen molar-refractivity contribution >= 4 is 17.0 Å². The summed E-state index contributed by atoms with van der Waals surface area (Å²) in [5, 5.41) is 0. The van der Waals surface area contributed by atoms with E-state index in [1.807, 2.05) is 0 Å². The first-order valence-corrected chi connectivity index (χ1v) is 3.23. The van der Waals surface area contributed by atoms with Crippen LogP contribution in [-0.2, 0) is 19.5 Å². The molecule has 0 aliphatic carbocycles. The molecule has 0 rings (SSSR count). The van der Waals surface area contributed by atoms with Gasteiger partial charge in [-0.25, -0.2) is 0 Å². The Balaban J connectivity index is -0.000000180. The van der Waals surface area contributed by atoms with Crippen molar-refractivity contribution < 1.29 is 19.5 Å². The van der Waals surface area contributed by atoms with Gasteiger partial charge in [0.2, 0.25) is 0 Å². The summed E-state index contributed by atoms with van der Waals surface area (Å²) in [6.45, 7) is 4.43. The molecule has 0 heterocycles. The molecule has 0 atom stereocenters. The van der Waals surface area contributed by atoms with Crippen LogP contribution in [0.25, 0.3) is 0 Å². The maximum absolute atomic E-state index is 2.36. The van der Waals surface area contributed by atoms with Crippen molar-refractivity contribution in [2.24, 2.45) is 0 Å². The minimum atomic E-state index is 0. The van der Waals surface area contributed by atoms with Crippen LogP contribution in [0.15, 0.2) is 0 Å². The van der Waals surface area contributed by atoms with Crippen LogP contribution < -0.4 is 0 Å². The Bertz CT molecular complexity index is 28.1. The van der Waals surface area contributed by atoms with Crippen LogP contribution in [0.3, 0.4) is 0 Å². The van der Waals surface area contributed by atoms with Gasteiger partial charge in [-0.2, -0.15) is 12.8 Å². The first-order chi connectivity index (χ1) is 3.41. The van der Waals surface area contributed by atoms with Crippen molar-refractivity contribution in [1.82, 2.24) is 0 Å². The number of unbranched alkanes of at least 4 members (excludes halogenated alkanes) is 4. The van der Waals surface area contributed by atoms with Crippen LogP contribution in [0.1, 0.15) is 39.5 Å². The molecule has 0 aromatic rings. The Morgan fingerprint density at radius 2 is 1.33 bits per heavy atom. The van der Waals surface area contributed by atoms with E-state index in [-0.39, 0.29) is 36.5 Å². The number of hydrogen-bond acceptors (Lipinski definition) is 0. The molecule has 0 fully saturated rings. The molecule has 9 heavy (non-hydrogen) atoms. The molecule has 0 aromatic carbocycles. The van der Waals surface area contributed by atoms with Crippen molar-refractivity contribution in [3.8, 4) is 0 Å². The first-order valence-electron chi connectivity index (χ1n) is 3.23. The van der Waals surface area contributed by atoms with E-state index >= 15 is 0 Å². The maximum atomic E-state index is 2.36. The molecule has 0 aliphatic rings. The number of hydrogen-bond donors (Lipinski definition) is 0. The van der Waals surface area contributed by atoms with E-state index in [9.17, 15) is 0 Å². The average molecular weight is 245 g/mol. The molecule has 0 aromatic heterocycles. The second-order valence-corrected chi connectivity index (χ2v) is 1.87. The molecular weight excluding hydrogens is 229 g/mol. The topological polar surface area (TPSA) is 0 Å². The van der Waals surface area contributed by atoms with E-state index in [1.165, 1.54) is 25.7 Å². The predicted molar refractivity (Wildman–Crippen MR) is 44.4 cm³/mol. The van der Waals surface area contributed by atoms with Gasteiger partial charge >= 0.3 is 0 Å². The smallest absolute Gasteiger partial charge is 0 e. The molecule has 54 valence electrons. The van der Waals surface area contributed by atoms with Crippen molar-refractivity contribution in [2.45, 2.75) is 39.5 Å². The molecule has 0 saturated carbocycles. The van der Waals surface area contributed by atoms with Gasteiger partial charge in [-0.3, -0.25) is 0 Å². The third kappa shape index (κ3) is 17.6. The van der Waals surface area contributed by atoms with Gasteiger partial charge < -0.3 is 6.42 Å². The molecule has 0 unspecified atom stereocenters. The Hall–Kier alpha value is 1.10. The van der Waals surface area contributed by atoms with Crippen molar-refractivity contribution in [1.29, 1.82) is 0 Å². The summed E-state index contributed by atoms with van der Waals surface area (Å²) in [4.78, 5) is 0. The van der Waals surface area contributed by atoms with Crippen LogP contribution in [0.2, 0.25) is 0 Å². The molecule has 0 radical (unpaired) electrons. The van der Waals surface area contributed by atoms with Crippen molar-refractivity contribution in [3.05, 3.63) is 6.42 Å². The third-order valence-corrected chi connectivity index (χ3v) is 0.986. The second kappa shape index (κ2) is 16.0. The van der Waals surface area contributed by atoms with E-state index in [2.05, 4.69) is 20.3 Å².